The number of carbonyl (C=O) groups is 1. The second kappa shape index (κ2) is 12.2. The van der Waals surface area contributed by atoms with E-state index in [4.69, 9.17) is 4.74 Å². The van der Waals surface area contributed by atoms with Crippen molar-refractivity contribution in [3.63, 3.8) is 0 Å². The molecule has 3 rings (SSSR count). The number of ether oxygens (including phenoxy) is 1. The normalized spacial score (nSPS) is 11.9. The Kier molecular flexibility index (Phi) is 9.41. The summed E-state index contributed by atoms with van der Waals surface area (Å²) in [5.74, 6) is -3.80. The number of nitrogens with one attached hydrogen (secondary N) is 1. The van der Waals surface area contributed by atoms with Crippen LogP contribution in [0, 0.1) is 17.5 Å². The molecule has 13 heteroatoms. The highest BCUT2D eigenvalue weighted by Gasteiger charge is 2.39. The smallest absolute Gasteiger partial charge is 0.430 e. The van der Waals surface area contributed by atoms with Crippen LogP contribution in [-0.2, 0) is 27.8 Å². The van der Waals surface area contributed by atoms with Gasteiger partial charge in [0.2, 0.25) is 0 Å². The molecule has 39 heavy (non-hydrogen) atoms. The molecule has 3 aromatic rings. The molecule has 2 aromatic carbocycles. The van der Waals surface area contributed by atoms with Crippen LogP contribution in [0.1, 0.15) is 31.9 Å². The van der Waals surface area contributed by atoms with Crippen molar-refractivity contribution in [2.24, 2.45) is 0 Å². The van der Waals surface area contributed by atoms with Crippen molar-refractivity contribution in [1.29, 1.82) is 0 Å². The van der Waals surface area contributed by atoms with E-state index in [2.05, 4.69) is 16.3 Å². The van der Waals surface area contributed by atoms with Gasteiger partial charge in [-0.15, -0.1) is 10.9 Å². The summed E-state index contributed by atoms with van der Waals surface area (Å²) in [4.78, 5) is 13.3. The largest absolute Gasteiger partial charge is 0.443 e. The van der Waals surface area contributed by atoms with E-state index in [1.807, 2.05) is 11.9 Å². The van der Waals surface area contributed by atoms with Crippen LogP contribution in [0.25, 0.3) is 0 Å². The average molecular weight is 583 g/mol. The Labute approximate surface area is 229 Å². The number of halogens is 3. The van der Waals surface area contributed by atoms with Crippen LogP contribution in [0.4, 0.5) is 29.5 Å². The highest BCUT2D eigenvalue weighted by Crippen LogP contribution is 2.31. The first-order chi connectivity index (χ1) is 18.2. The number of carbonyl (C=O) groups excluding carboxylic acids is 1. The molecule has 0 unspecified atom stereocenters. The number of sulfonamides is 1. The summed E-state index contributed by atoms with van der Waals surface area (Å²) in [5, 5.41) is 4.15. The first-order valence-electron chi connectivity index (χ1n) is 11.7. The third kappa shape index (κ3) is 7.37. The third-order valence-electron chi connectivity index (χ3n) is 5.25. The maximum absolute atomic E-state index is 15.2. The van der Waals surface area contributed by atoms with Gasteiger partial charge >= 0.3 is 6.09 Å². The first-order valence-corrected chi connectivity index (χ1v) is 14.0. The van der Waals surface area contributed by atoms with E-state index in [1.54, 1.807) is 18.2 Å². The third-order valence-corrected chi connectivity index (χ3v) is 7.53. The van der Waals surface area contributed by atoms with Gasteiger partial charge in [-0.1, -0.05) is 18.2 Å². The predicted octanol–water partition coefficient (Wildman–Crippen LogP) is 5.92. The molecule has 0 aliphatic rings. The number of hydrogen-bond donors (Lipinski definition) is 1. The van der Waals surface area contributed by atoms with Crippen LogP contribution < -0.4 is 9.62 Å². The maximum atomic E-state index is 15.2. The Morgan fingerprint density at radius 2 is 1.82 bits per heavy atom. The molecule has 210 valence electrons. The molecule has 0 fully saturated rings. The number of amides is 1. The molecule has 1 amide bonds. The van der Waals surface area contributed by atoms with E-state index in [1.165, 1.54) is 38.3 Å². The Balaban J connectivity index is 1.93. The number of rotatable bonds is 10. The van der Waals surface area contributed by atoms with Gasteiger partial charge in [0.05, 0.1) is 0 Å². The first kappa shape index (κ1) is 30.1. The van der Waals surface area contributed by atoms with Crippen LogP contribution in [0.5, 0.6) is 0 Å². The number of aromatic nitrogens is 1. The van der Waals surface area contributed by atoms with E-state index in [9.17, 15) is 17.6 Å². The summed E-state index contributed by atoms with van der Waals surface area (Å²) in [6, 6.07) is 7.29. The van der Waals surface area contributed by atoms with Crippen LogP contribution in [0.3, 0.4) is 0 Å². The molecule has 0 bridgehead atoms. The van der Waals surface area contributed by atoms with Gasteiger partial charge in [0, 0.05) is 36.3 Å². The predicted molar refractivity (Wildman–Crippen MR) is 145 cm³/mol. The van der Waals surface area contributed by atoms with Gasteiger partial charge in [0.15, 0.2) is 10.7 Å². The van der Waals surface area contributed by atoms with E-state index >= 15 is 8.78 Å². The van der Waals surface area contributed by atoms with Crippen LogP contribution in [0.15, 0.2) is 59.3 Å². The van der Waals surface area contributed by atoms with Crippen molar-refractivity contribution in [3.8, 4) is 0 Å². The second-order valence-electron chi connectivity index (χ2n) is 9.59. The zero-order valence-corrected chi connectivity index (χ0v) is 23.5. The van der Waals surface area contributed by atoms with Gasteiger partial charge in [0.1, 0.15) is 23.1 Å². The number of nitrogens with zero attached hydrogens (tertiary/aromatic N) is 3. The number of benzene rings is 2. The molecule has 0 aliphatic heterocycles. The molecular weight excluding hydrogens is 553 g/mol. The van der Waals surface area contributed by atoms with E-state index < -0.39 is 44.1 Å². The zero-order chi connectivity index (χ0) is 29.0. The van der Waals surface area contributed by atoms with Gasteiger partial charge in [-0.05, 0) is 69.2 Å². The highest BCUT2D eigenvalue weighted by molar-refractivity contribution is 7.93. The Hall–Kier alpha value is -3.42. The van der Waals surface area contributed by atoms with Crippen molar-refractivity contribution in [2.75, 3.05) is 23.2 Å². The number of anilines is 2. The molecule has 1 heterocycles. The Bertz CT molecular complexity index is 1420. The Morgan fingerprint density at radius 1 is 1.15 bits per heavy atom. The molecule has 0 radical (unpaired) electrons. The molecule has 0 aliphatic carbocycles. The van der Waals surface area contributed by atoms with E-state index in [0.29, 0.717) is 18.7 Å². The second-order valence-corrected chi connectivity index (χ2v) is 12.0. The minimum Gasteiger partial charge on any atom is -0.443 e. The van der Waals surface area contributed by atoms with Crippen LogP contribution in [-0.4, -0.2) is 43.0 Å². The summed E-state index contributed by atoms with van der Waals surface area (Å²) < 4.78 is 80.9. The molecular formula is C26H29F3N4O4S2. The van der Waals surface area contributed by atoms with E-state index in [0.717, 1.165) is 23.7 Å². The fourth-order valence-electron chi connectivity index (χ4n) is 3.64. The summed E-state index contributed by atoms with van der Waals surface area (Å²) in [5.41, 5.74) is -0.290. The SMILES string of the molecule is C=CCN(C)Cc1cccc(F)c1CNc1cc(F)c(S(=O)(=O)N(C(=O)OC(C)(C)C)c2ccsn2)c(F)c1. The minimum atomic E-state index is -5.12. The molecule has 1 aromatic heterocycles. The van der Waals surface area contributed by atoms with Crippen molar-refractivity contribution < 1.29 is 31.1 Å². The number of hydrogen-bond acceptors (Lipinski definition) is 8. The van der Waals surface area contributed by atoms with Gasteiger partial charge in [-0.3, -0.25) is 4.90 Å². The molecule has 0 spiro atoms. The summed E-state index contributed by atoms with van der Waals surface area (Å²) in [6.45, 7) is 9.05. The molecule has 0 atom stereocenters. The van der Waals surface area contributed by atoms with Crippen molar-refractivity contribution >= 4 is 39.2 Å². The standard InChI is InChI=1S/C26H29F3N4O4S2/c1-6-11-32(5)16-17-8-7-9-20(27)19(17)15-30-18-13-21(28)24(22(29)14-18)39(35,36)33(23-10-12-38-31-23)25(34)37-26(2,3)4/h6-10,12-14,30H,1,11,15-16H2,2-5H3. The topological polar surface area (TPSA) is 91.8 Å². The van der Waals surface area contributed by atoms with Crippen molar-refractivity contribution in [2.45, 2.75) is 44.4 Å². The Morgan fingerprint density at radius 3 is 2.38 bits per heavy atom. The quantitative estimate of drug-likeness (QED) is 0.297. The van der Waals surface area contributed by atoms with Crippen molar-refractivity contribution in [3.05, 3.63) is 83.0 Å². The summed E-state index contributed by atoms with van der Waals surface area (Å²) >= 11 is 0.838. The molecule has 1 N–H and O–H groups in total. The lowest BCUT2D eigenvalue weighted by Crippen LogP contribution is -2.41. The van der Waals surface area contributed by atoms with Gasteiger partial charge in [-0.25, -0.2) is 26.4 Å². The molecule has 0 saturated heterocycles. The average Bonchev–Trinajstić information content (AvgIpc) is 3.30. The lowest BCUT2D eigenvalue weighted by atomic mass is 10.1. The maximum Gasteiger partial charge on any atom is 0.430 e. The lowest BCUT2D eigenvalue weighted by molar-refractivity contribution is 0.0608. The molecule has 0 saturated carbocycles. The zero-order valence-electron chi connectivity index (χ0n) is 21.9. The fourth-order valence-corrected chi connectivity index (χ4v) is 5.56. The monoisotopic (exact) mass is 582 g/mol. The van der Waals surface area contributed by atoms with Gasteiger partial charge in [-0.2, -0.15) is 4.37 Å². The lowest BCUT2D eigenvalue weighted by Gasteiger charge is -2.26. The minimum absolute atomic E-state index is 0.120. The highest BCUT2D eigenvalue weighted by atomic mass is 32.2. The molecule has 8 nitrogen and oxygen atoms in total. The van der Waals surface area contributed by atoms with Crippen LogP contribution in [0.2, 0.25) is 0 Å². The van der Waals surface area contributed by atoms with Crippen LogP contribution >= 0.6 is 11.5 Å². The van der Waals surface area contributed by atoms with Gasteiger partial charge in [0.25, 0.3) is 10.0 Å². The number of likely N-dealkylation sites (N-methyl/N-ethyl adjacent to an activating group) is 1. The summed E-state index contributed by atoms with van der Waals surface area (Å²) in [6.07, 6.45) is 0.333. The fraction of sp³-hybridized carbons (Fsp3) is 0.308. The van der Waals surface area contributed by atoms with Gasteiger partial charge < -0.3 is 10.1 Å². The van der Waals surface area contributed by atoms with E-state index in [-0.39, 0.29) is 27.9 Å². The summed E-state index contributed by atoms with van der Waals surface area (Å²) in [7, 11) is -3.29. The van der Waals surface area contributed by atoms with Crippen molar-refractivity contribution in [1.82, 2.24) is 9.27 Å².